The first-order chi connectivity index (χ1) is 21.4. The maximum absolute atomic E-state index is 14.8. The molecule has 2 aliphatic rings. The van der Waals surface area contributed by atoms with E-state index in [1.54, 1.807) is 6.07 Å². The van der Waals surface area contributed by atoms with Gasteiger partial charge in [0.1, 0.15) is 17.9 Å². The molecule has 0 radical (unpaired) electrons. The number of methoxy groups -OCH3 is 1. The highest BCUT2D eigenvalue weighted by Gasteiger charge is 2.30. The molecule has 1 aliphatic heterocycles. The number of ether oxygens (including phenoxy) is 3. The van der Waals surface area contributed by atoms with Crippen molar-refractivity contribution in [3.63, 3.8) is 0 Å². The first-order valence-electron chi connectivity index (χ1n) is 14.3. The fourth-order valence-corrected chi connectivity index (χ4v) is 5.12. The minimum Gasteiger partial charge on any atom is -0.490 e. The second kappa shape index (κ2) is 14.3. The molecule has 1 fully saturated rings. The molecule has 44 heavy (non-hydrogen) atoms. The van der Waals surface area contributed by atoms with Crippen LogP contribution in [-0.2, 0) is 15.9 Å². The Morgan fingerprint density at radius 2 is 1.50 bits per heavy atom. The van der Waals surface area contributed by atoms with Crippen molar-refractivity contribution >= 4 is 23.7 Å². The van der Waals surface area contributed by atoms with Crippen LogP contribution in [0.1, 0.15) is 47.8 Å². The second-order valence-electron chi connectivity index (χ2n) is 10.4. The lowest BCUT2D eigenvalue weighted by Gasteiger charge is -2.21. The van der Waals surface area contributed by atoms with Gasteiger partial charge in [-0.1, -0.05) is 30.4 Å². The predicted molar refractivity (Wildman–Crippen MR) is 159 cm³/mol. The molecule has 230 valence electrons. The zero-order valence-electron chi connectivity index (χ0n) is 24.2. The van der Waals surface area contributed by atoms with Crippen molar-refractivity contribution in [3.05, 3.63) is 106 Å². The van der Waals surface area contributed by atoms with Gasteiger partial charge in [0.15, 0.2) is 17.4 Å². The molecule has 0 aromatic heterocycles. The monoisotopic (exact) mass is 605 g/mol. The van der Waals surface area contributed by atoms with Crippen molar-refractivity contribution in [3.8, 4) is 5.75 Å². The summed E-state index contributed by atoms with van der Waals surface area (Å²) in [5.41, 5.74) is 2.52. The molecule has 3 aromatic rings. The van der Waals surface area contributed by atoms with E-state index >= 15 is 0 Å². The first-order valence-corrected chi connectivity index (χ1v) is 14.3. The number of halogens is 2. The Labute approximate surface area is 253 Å². The molecule has 5 rings (SSSR count). The van der Waals surface area contributed by atoms with Gasteiger partial charge >= 0.3 is 0 Å². The lowest BCUT2D eigenvalue weighted by atomic mass is 10.00. The van der Waals surface area contributed by atoms with Gasteiger partial charge < -0.3 is 30.2 Å². The van der Waals surface area contributed by atoms with E-state index in [2.05, 4.69) is 22.0 Å². The molecule has 11 heteroatoms. The number of allylic oxidation sites excluding steroid dienone is 1. The van der Waals surface area contributed by atoms with Crippen LogP contribution in [0.2, 0.25) is 0 Å². The van der Waals surface area contributed by atoms with Crippen LogP contribution in [-0.4, -0.2) is 76.3 Å². The quantitative estimate of drug-likeness (QED) is 0.202. The maximum atomic E-state index is 14.8. The SMILES string of the molecule is COCCOCCOc1ccc(F)c(F)c1C(=O)c1ccc(C(=O)N[C@@H]2CNC[C@H]2NC(=O)c2ccc3c(c2)CC=C3)cc1. The highest BCUT2D eigenvalue weighted by Crippen LogP contribution is 2.27. The number of rotatable bonds is 13. The van der Waals surface area contributed by atoms with E-state index in [1.165, 1.54) is 37.4 Å². The van der Waals surface area contributed by atoms with E-state index in [0.29, 0.717) is 31.9 Å². The number of amides is 2. The largest absolute Gasteiger partial charge is 0.490 e. The van der Waals surface area contributed by atoms with E-state index in [9.17, 15) is 23.2 Å². The van der Waals surface area contributed by atoms with E-state index in [1.807, 2.05) is 18.2 Å². The third kappa shape index (κ3) is 7.19. The van der Waals surface area contributed by atoms with Gasteiger partial charge in [0.25, 0.3) is 11.8 Å². The molecule has 0 bridgehead atoms. The molecule has 3 N–H and O–H groups in total. The number of hydrogen-bond acceptors (Lipinski definition) is 7. The summed E-state index contributed by atoms with van der Waals surface area (Å²) < 4.78 is 44.6. The second-order valence-corrected chi connectivity index (χ2v) is 10.4. The van der Waals surface area contributed by atoms with E-state index in [-0.39, 0.29) is 48.1 Å². The number of ketones is 1. The Balaban J connectivity index is 1.20. The van der Waals surface area contributed by atoms with Crippen LogP contribution in [0.15, 0.2) is 60.7 Å². The van der Waals surface area contributed by atoms with Crippen LogP contribution in [0, 0.1) is 11.6 Å². The normalized spacial score (nSPS) is 16.9. The smallest absolute Gasteiger partial charge is 0.251 e. The molecule has 1 saturated heterocycles. The number of nitrogens with one attached hydrogen (secondary N) is 3. The minimum absolute atomic E-state index is 0.0104. The van der Waals surface area contributed by atoms with Gasteiger partial charge in [-0.05, 0) is 53.9 Å². The highest BCUT2D eigenvalue weighted by molar-refractivity contribution is 6.11. The molecule has 0 saturated carbocycles. The van der Waals surface area contributed by atoms with E-state index in [4.69, 9.17) is 14.2 Å². The molecular weight excluding hydrogens is 572 g/mol. The van der Waals surface area contributed by atoms with Crippen molar-refractivity contribution in [1.29, 1.82) is 0 Å². The summed E-state index contributed by atoms with van der Waals surface area (Å²) in [4.78, 5) is 39.2. The van der Waals surface area contributed by atoms with E-state index < -0.39 is 28.9 Å². The molecule has 2 amide bonds. The molecule has 0 spiro atoms. The zero-order chi connectivity index (χ0) is 31.1. The standard InChI is InChI=1S/C33H33F2N3O6/c1-42-13-14-43-15-16-44-28-12-11-25(34)30(35)29(28)31(39)21-6-8-22(9-7-21)32(40)37-26-18-36-19-27(26)38-33(41)24-10-5-20-3-2-4-23(20)17-24/h2-3,5-12,17,26-27,36H,4,13-16,18-19H2,1H3,(H,37,40)(H,38,41)/t26-,27-/m1/s1. The molecule has 3 aromatic carbocycles. The summed E-state index contributed by atoms with van der Waals surface area (Å²) in [7, 11) is 1.54. The first kappa shape index (κ1) is 31.0. The Bertz CT molecular complexity index is 1560. The molecule has 1 heterocycles. The van der Waals surface area contributed by atoms with Crippen LogP contribution >= 0.6 is 0 Å². The van der Waals surface area contributed by atoms with Gasteiger partial charge in [-0.2, -0.15) is 0 Å². The van der Waals surface area contributed by atoms with Gasteiger partial charge in [0.2, 0.25) is 0 Å². The summed E-state index contributed by atoms with van der Waals surface area (Å²) in [6.45, 7) is 1.84. The molecular formula is C33H33F2N3O6. The lowest BCUT2D eigenvalue weighted by molar-refractivity contribution is 0.0541. The average Bonchev–Trinajstić information content (AvgIpc) is 3.69. The highest BCUT2D eigenvalue weighted by atomic mass is 19.2. The number of carbonyl (C=O) groups is 3. The fraction of sp³-hybridized carbons (Fsp3) is 0.303. The summed E-state index contributed by atoms with van der Waals surface area (Å²) in [6.07, 6.45) is 4.87. The molecule has 2 atom stereocenters. The molecule has 9 nitrogen and oxygen atoms in total. The van der Waals surface area contributed by atoms with Crippen molar-refractivity contribution in [1.82, 2.24) is 16.0 Å². The Morgan fingerprint density at radius 3 is 2.23 bits per heavy atom. The average molecular weight is 606 g/mol. The third-order valence-corrected chi connectivity index (χ3v) is 7.50. The Hall–Kier alpha value is -4.45. The van der Waals surface area contributed by atoms with Gasteiger partial charge in [0.05, 0.1) is 31.9 Å². The van der Waals surface area contributed by atoms with Crippen LogP contribution in [0.3, 0.4) is 0 Å². The lowest BCUT2D eigenvalue weighted by Crippen LogP contribution is -2.51. The van der Waals surface area contributed by atoms with Gasteiger partial charge in [0, 0.05) is 36.9 Å². The molecule has 1 aliphatic carbocycles. The third-order valence-electron chi connectivity index (χ3n) is 7.50. The van der Waals surface area contributed by atoms with Crippen molar-refractivity contribution in [2.24, 2.45) is 0 Å². The predicted octanol–water partition coefficient (Wildman–Crippen LogP) is 3.31. The van der Waals surface area contributed by atoms with Gasteiger partial charge in [-0.25, -0.2) is 8.78 Å². The molecule has 0 unspecified atom stereocenters. The van der Waals surface area contributed by atoms with Gasteiger partial charge in [-0.3, -0.25) is 14.4 Å². The number of hydrogen-bond donors (Lipinski definition) is 3. The van der Waals surface area contributed by atoms with Crippen molar-refractivity contribution in [2.45, 2.75) is 18.5 Å². The Morgan fingerprint density at radius 1 is 0.841 bits per heavy atom. The summed E-state index contributed by atoms with van der Waals surface area (Å²) in [5.74, 6) is -4.06. The summed E-state index contributed by atoms with van der Waals surface area (Å²) >= 11 is 0. The summed E-state index contributed by atoms with van der Waals surface area (Å²) in [6, 6.07) is 12.6. The van der Waals surface area contributed by atoms with Crippen molar-refractivity contribution < 1.29 is 37.4 Å². The van der Waals surface area contributed by atoms with E-state index in [0.717, 1.165) is 23.6 Å². The van der Waals surface area contributed by atoms with Crippen LogP contribution in [0.5, 0.6) is 5.75 Å². The number of fused-ring (bicyclic) bond motifs is 1. The van der Waals surface area contributed by atoms with Crippen LogP contribution in [0.25, 0.3) is 6.08 Å². The van der Waals surface area contributed by atoms with Crippen LogP contribution in [0.4, 0.5) is 8.78 Å². The maximum Gasteiger partial charge on any atom is 0.251 e. The number of benzene rings is 3. The van der Waals surface area contributed by atoms with Crippen molar-refractivity contribution in [2.75, 3.05) is 46.6 Å². The van der Waals surface area contributed by atoms with Crippen LogP contribution < -0.4 is 20.7 Å². The zero-order valence-corrected chi connectivity index (χ0v) is 24.2. The van der Waals surface area contributed by atoms with Gasteiger partial charge in [-0.15, -0.1) is 0 Å². The topological polar surface area (TPSA) is 115 Å². The minimum atomic E-state index is -1.33. The number of carbonyl (C=O) groups excluding carboxylic acids is 3. The fourth-order valence-electron chi connectivity index (χ4n) is 5.12. The summed E-state index contributed by atoms with van der Waals surface area (Å²) in [5, 5.41) is 9.12. The Kier molecular flexibility index (Phi) is 10.1.